The van der Waals surface area contributed by atoms with Crippen LogP contribution < -0.4 is 5.14 Å². The monoisotopic (exact) mass is 197 g/mol. The highest BCUT2D eigenvalue weighted by Crippen LogP contribution is 2.23. The Bertz CT molecular complexity index is 321. The van der Waals surface area contributed by atoms with E-state index in [4.69, 9.17) is 0 Å². The fourth-order valence-electron chi connectivity index (χ4n) is 1.11. The Kier molecular flexibility index (Phi) is 3.59. The van der Waals surface area contributed by atoms with Gasteiger partial charge in [0.25, 0.3) is 0 Å². The Morgan fingerprint density at radius 3 is 2.58 bits per heavy atom. The molecule has 0 amide bonds. The summed E-state index contributed by atoms with van der Waals surface area (Å²) < 4.78 is 1.39. The highest BCUT2D eigenvalue weighted by Gasteiger charge is 1.93. The van der Waals surface area contributed by atoms with Gasteiger partial charge in [-0.25, -0.2) is 0 Å². The standard InChI is InChI=1S/C9H8S.H3NS/c1-7-6-8-4-2-3-5-9(8)10-7;1-2/h2-6H,1H3;2H,1H2. The lowest BCUT2D eigenvalue weighted by molar-refractivity contribution is 1.65. The van der Waals surface area contributed by atoms with Gasteiger partial charge in [0.15, 0.2) is 0 Å². The molecule has 12 heavy (non-hydrogen) atoms. The van der Waals surface area contributed by atoms with E-state index in [-0.39, 0.29) is 0 Å². The molecule has 0 unspecified atom stereocenters. The summed E-state index contributed by atoms with van der Waals surface area (Å²) in [6, 6.07) is 10.7. The second-order valence-corrected chi connectivity index (χ2v) is 3.68. The summed E-state index contributed by atoms with van der Waals surface area (Å²) in [7, 11) is 0. The van der Waals surface area contributed by atoms with E-state index in [9.17, 15) is 0 Å². The third-order valence-corrected chi connectivity index (χ3v) is 2.58. The second-order valence-electron chi connectivity index (χ2n) is 2.39. The maximum atomic E-state index is 4.19. The quantitative estimate of drug-likeness (QED) is 0.624. The minimum absolute atomic E-state index is 1.37. The smallest absolute Gasteiger partial charge is 0.0345 e. The summed E-state index contributed by atoms with van der Waals surface area (Å²) in [4.78, 5) is 1.39. The molecule has 2 rings (SSSR count). The zero-order valence-corrected chi connectivity index (χ0v) is 8.53. The lowest BCUT2D eigenvalue weighted by Crippen LogP contribution is -1.56. The van der Waals surface area contributed by atoms with Gasteiger partial charge in [0.05, 0.1) is 0 Å². The summed E-state index contributed by atoms with van der Waals surface area (Å²) in [5.41, 5.74) is 0. The van der Waals surface area contributed by atoms with Crippen molar-refractivity contribution in [2.24, 2.45) is 5.14 Å². The molecule has 0 aliphatic rings. The molecular weight excluding hydrogens is 186 g/mol. The van der Waals surface area contributed by atoms with Crippen molar-refractivity contribution >= 4 is 34.2 Å². The topological polar surface area (TPSA) is 26.0 Å². The maximum absolute atomic E-state index is 4.19. The van der Waals surface area contributed by atoms with Gasteiger partial charge in [-0.3, -0.25) is 5.14 Å². The largest absolute Gasteiger partial charge is 0.281 e. The van der Waals surface area contributed by atoms with Gasteiger partial charge < -0.3 is 0 Å². The first-order valence-electron chi connectivity index (χ1n) is 3.57. The number of thiol groups is 1. The average Bonchev–Trinajstić information content (AvgIpc) is 2.48. The van der Waals surface area contributed by atoms with Crippen LogP contribution in [-0.2, 0) is 0 Å². The van der Waals surface area contributed by atoms with Crippen LogP contribution in [0.1, 0.15) is 4.88 Å². The predicted octanol–water partition coefficient (Wildman–Crippen LogP) is 3.00. The van der Waals surface area contributed by atoms with Crippen molar-refractivity contribution in [1.82, 2.24) is 0 Å². The summed E-state index contributed by atoms with van der Waals surface area (Å²) >= 11 is 4.88. The summed E-state index contributed by atoms with van der Waals surface area (Å²) in [6.45, 7) is 2.14. The average molecular weight is 197 g/mol. The van der Waals surface area contributed by atoms with Crippen LogP contribution in [0.4, 0.5) is 0 Å². The van der Waals surface area contributed by atoms with Crippen molar-refractivity contribution in [3.05, 3.63) is 35.2 Å². The van der Waals surface area contributed by atoms with E-state index in [0.29, 0.717) is 0 Å². The Hall–Kier alpha value is -0.510. The Labute approximate surface area is 81.8 Å². The van der Waals surface area contributed by atoms with Gasteiger partial charge in [0, 0.05) is 9.58 Å². The highest BCUT2D eigenvalue weighted by molar-refractivity contribution is 7.77. The lowest BCUT2D eigenvalue weighted by atomic mass is 10.2. The molecule has 2 aromatic rings. The number of rotatable bonds is 0. The van der Waals surface area contributed by atoms with E-state index in [1.165, 1.54) is 15.0 Å². The minimum Gasteiger partial charge on any atom is -0.281 e. The van der Waals surface area contributed by atoms with E-state index in [1.807, 2.05) is 11.3 Å². The zero-order chi connectivity index (χ0) is 8.97. The maximum Gasteiger partial charge on any atom is 0.0345 e. The Morgan fingerprint density at radius 1 is 1.25 bits per heavy atom. The molecule has 64 valence electrons. The van der Waals surface area contributed by atoms with E-state index in [2.05, 4.69) is 55.2 Å². The third kappa shape index (κ3) is 2.00. The number of hydrogen-bond acceptors (Lipinski definition) is 3. The molecule has 1 aromatic heterocycles. The van der Waals surface area contributed by atoms with Crippen LogP contribution >= 0.6 is 24.2 Å². The number of benzene rings is 1. The van der Waals surface area contributed by atoms with E-state index in [1.54, 1.807) is 0 Å². The van der Waals surface area contributed by atoms with Gasteiger partial charge >= 0.3 is 0 Å². The number of thiophene rings is 1. The first-order chi connectivity index (χ1) is 5.86. The number of fused-ring (bicyclic) bond motifs is 1. The molecule has 3 heteroatoms. The lowest BCUT2D eigenvalue weighted by Gasteiger charge is -1.82. The van der Waals surface area contributed by atoms with E-state index in [0.717, 1.165) is 0 Å². The fourth-order valence-corrected chi connectivity index (χ4v) is 2.04. The number of aryl methyl sites for hydroxylation is 1. The summed E-state index contributed by atoms with van der Waals surface area (Å²) in [5, 5.41) is 5.56. The molecule has 0 aliphatic heterocycles. The molecule has 0 fully saturated rings. The van der Waals surface area contributed by atoms with Crippen molar-refractivity contribution in [1.29, 1.82) is 0 Å². The van der Waals surface area contributed by atoms with Crippen molar-refractivity contribution < 1.29 is 0 Å². The van der Waals surface area contributed by atoms with Gasteiger partial charge in [-0.05, 0) is 24.4 Å². The van der Waals surface area contributed by atoms with Gasteiger partial charge in [0.1, 0.15) is 0 Å². The third-order valence-electron chi connectivity index (χ3n) is 1.55. The van der Waals surface area contributed by atoms with Crippen LogP contribution in [0.5, 0.6) is 0 Å². The summed E-state index contributed by atoms with van der Waals surface area (Å²) in [5.74, 6) is 0. The molecule has 0 saturated heterocycles. The fraction of sp³-hybridized carbons (Fsp3) is 0.111. The second kappa shape index (κ2) is 4.50. The van der Waals surface area contributed by atoms with E-state index >= 15 is 0 Å². The van der Waals surface area contributed by atoms with Crippen LogP contribution in [0.25, 0.3) is 10.1 Å². The Balaban J connectivity index is 0.000000336. The van der Waals surface area contributed by atoms with Gasteiger partial charge in [-0.15, -0.1) is 24.2 Å². The van der Waals surface area contributed by atoms with Gasteiger partial charge in [-0.2, -0.15) is 0 Å². The Morgan fingerprint density at radius 2 is 1.92 bits per heavy atom. The minimum atomic E-state index is 1.37. The molecule has 1 nitrogen and oxygen atoms in total. The van der Waals surface area contributed by atoms with Crippen molar-refractivity contribution in [3.8, 4) is 0 Å². The van der Waals surface area contributed by atoms with Crippen molar-refractivity contribution in [2.75, 3.05) is 0 Å². The molecule has 0 atom stereocenters. The SMILES string of the molecule is Cc1cc2ccccc2s1.NS. The number of nitrogens with two attached hydrogens (primary N) is 1. The predicted molar refractivity (Wildman–Crippen MR) is 59.7 cm³/mol. The van der Waals surface area contributed by atoms with Crippen molar-refractivity contribution in [3.63, 3.8) is 0 Å². The molecule has 0 saturated carbocycles. The first kappa shape index (κ1) is 9.58. The number of hydrogen-bond donors (Lipinski definition) is 2. The molecule has 0 bridgehead atoms. The van der Waals surface area contributed by atoms with Crippen LogP contribution in [0.2, 0.25) is 0 Å². The molecule has 0 aliphatic carbocycles. The van der Waals surface area contributed by atoms with Crippen LogP contribution in [0.15, 0.2) is 30.3 Å². The van der Waals surface area contributed by atoms with Crippen LogP contribution in [0.3, 0.4) is 0 Å². The zero-order valence-electron chi connectivity index (χ0n) is 6.82. The first-order valence-corrected chi connectivity index (χ1v) is 4.90. The van der Waals surface area contributed by atoms with Gasteiger partial charge in [-0.1, -0.05) is 18.2 Å². The molecule has 2 N–H and O–H groups in total. The molecule has 1 aromatic carbocycles. The summed E-state index contributed by atoms with van der Waals surface area (Å²) in [6.07, 6.45) is 0. The van der Waals surface area contributed by atoms with Gasteiger partial charge in [0.2, 0.25) is 0 Å². The molecule has 0 spiro atoms. The van der Waals surface area contributed by atoms with Crippen molar-refractivity contribution in [2.45, 2.75) is 6.92 Å². The molecule has 0 radical (unpaired) electrons. The molecule has 1 heterocycles. The van der Waals surface area contributed by atoms with Crippen LogP contribution in [-0.4, -0.2) is 0 Å². The normalized spacial score (nSPS) is 9.25. The molecular formula is C9H11NS2. The highest BCUT2D eigenvalue weighted by atomic mass is 32.1. The van der Waals surface area contributed by atoms with Crippen LogP contribution in [0, 0.1) is 6.92 Å². The van der Waals surface area contributed by atoms with E-state index < -0.39 is 0 Å².